The number of nitrogen functional groups attached to an aromatic ring is 1. The summed E-state index contributed by atoms with van der Waals surface area (Å²) in [7, 11) is 1.98. The molecule has 0 aliphatic carbocycles. The van der Waals surface area contributed by atoms with Crippen molar-refractivity contribution in [1.82, 2.24) is 0 Å². The maximum atomic E-state index is 7.67. The molecule has 1 aliphatic heterocycles. The van der Waals surface area contributed by atoms with Crippen LogP contribution in [-0.2, 0) is 4.74 Å². The van der Waals surface area contributed by atoms with E-state index in [1.165, 1.54) is 6.42 Å². The summed E-state index contributed by atoms with van der Waals surface area (Å²) in [5, 5.41) is 8.18. The van der Waals surface area contributed by atoms with Crippen molar-refractivity contribution >= 4 is 23.1 Å². The van der Waals surface area contributed by atoms with Crippen LogP contribution in [-0.4, -0.2) is 32.1 Å². The Labute approximate surface area is 119 Å². The van der Waals surface area contributed by atoms with Gasteiger partial charge in [0.2, 0.25) is 0 Å². The molecule has 4 nitrogen and oxygen atoms in total. The fourth-order valence-corrected chi connectivity index (χ4v) is 2.72. The van der Waals surface area contributed by atoms with E-state index in [-0.39, 0.29) is 11.9 Å². The lowest BCUT2D eigenvalue weighted by atomic mass is 10.1. The van der Waals surface area contributed by atoms with Crippen molar-refractivity contribution in [2.75, 3.05) is 25.1 Å². The fourth-order valence-electron chi connectivity index (χ4n) is 2.45. The molecule has 1 fully saturated rings. The van der Waals surface area contributed by atoms with E-state index in [9.17, 15) is 0 Å². The number of ether oxygens (including phenoxy) is 1. The second-order valence-electron chi connectivity index (χ2n) is 4.92. The Balaban J connectivity index is 2.16. The van der Waals surface area contributed by atoms with Crippen LogP contribution < -0.4 is 10.6 Å². The predicted octanol–water partition coefficient (Wildman–Crippen LogP) is 2.63. The summed E-state index contributed by atoms with van der Waals surface area (Å²) >= 11 is 6.13. The maximum Gasteiger partial charge on any atom is 0.126 e. The van der Waals surface area contributed by atoms with Crippen molar-refractivity contribution in [3.63, 3.8) is 0 Å². The molecule has 1 aromatic carbocycles. The SMILES string of the molecule is CN(CC1CCCCO1)c1cccc(Cl)c1C(=N)N. The third-order valence-electron chi connectivity index (χ3n) is 3.42. The molecule has 3 N–H and O–H groups in total. The highest BCUT2D eigenvalue weighted by atomic mass is 35.5. The Hall–Kier alpha value is -1.26. The average molecular weight is 282 g/mol. The molecule has 1 saturated heterocycles. The molecule has 0 spiro atoms. The largest absolute Gasteiger partial charge is 0.384 e. The number of hydrogen-bond acceptors (Lipinski definition) is 3. The summed E-state index contributed by atoms with van der Waals surface area (Å²) in [6.45, 7) is 1.63. The number of nitrogens with zero attached hydrogens (tertiary/aromatic N) is 1. The molecule has 1 atom stereocenters. The van der Waals surface area contributed by atoms with Crippen molar-refractivity contribution in [2.24, 2.45) is 5.73 Å². The standard InChI is InChI=1S/C14H20ClN3O/c1-18(9-10-5-2-3-8-19-10)12-7-4-6-11(15)13(12)14(16)17/h4,6-7,10H,2-3,5,8-9H2,1H3,(H3,16,17). The molecule has 0 saturated carbocycles. The molecular weight excluding hydrogens is 262 g/mol. The molecule has 1 heterocycles. The van der Waals surface area contributed by atoms with E-state index < -0.39 is 0 Å². The first-order valence-corrected chi connectivity index (χ1v) is 6.93. The Morgan fingerprint density at radius 3 is 2.95 bits per heavy atom. The molecule has 0 amide bonds. The third kappa shape index (κ3) is 3.39. The molecular formula is C14H20ClN3O. The van der Waals surface area contributed by atoms with Gasteiger partial charge in [0.05, 0.1) is 16.7 Å². The maximum absolute atomic E-state index is 7.67. The van der Waals surface area contributed by atoms with Crippen molar-refractivity contribution in [3.8, 4) is 0 Å². The summed E-state index contributed by atoms with van der Waals surface area (Å²) in [4.78, 5) is 2.07. The van der Waals surface area contributed by atoms with Gasteiger partial charge >= 0.3 is 0 Å². The van der Waals surface area contributed by atoms with Crippen LogP contribution in [0, 0.1) is 5.41 Å². The molecule has 104 valence electrons. The number of rotatable bonds is 4. The first kappa shape index (κ1) is 14.2. The van der Waals surface area contributed by atoms with Crippen molar-refractivity contribution in [2.45, 2.75) is 25.4 Å². The van der Waals surface area contributed by atoms with Crippen molar-refractivity contribution in [1.29, 1.82) is 5.41 Å². The van der Waals surface area contributed by atoms with Crippen LogP contribution >= 0.6 is 11.6 Å². The minimum Gasteiger partial charge on any atom is -0.384 e. The minimum atomic E-state index is -0.00277. The first-order chi connectivity index (χ1) is 9.09. The van der Waals surface area contributed by atoms with Gasteiger partial charge in [0, 0.05) is 25.9 Å². The topological polar surface area (TPSA) is 62.3 Å². The number of benzene rings is 1. The summed E-state index contributed by atoms with van der Waals surface area (Å²) < 4.78 is 5.74. The zero-order valence-electron chi connectivity index (χ0n) is 11.2. The number of halogens is 1. The number of hydrogen-bond donors (Lipinski definition) is 2. The zero-order valence-corrected chi connectivity index (χ0v) is 11.9. The minimum absolute atomic E-state index is 0.00277. The van der Waals surface area contributed by atoms with Gasteiger partial charge in [-0.1, -0.05) is 17.7 Å². The molecule has 1 unspecified atom stereocenters. The van der Waals surface area contributed by atoms with Crippen LogP contribution in [0.3, 0.4) is 0 Å². The summed E-state index contributed by atoms with van der Waals surface area (Å²) in [5.41, 5.74) is 7.11. The number of amidine groups is 1. The van der Waals surface area contributed by atoms with E-state index in [4.69, 9.17) is 27.5 Å². The van der Waals surface area contributed by atoms with Crippen LogP contribution in [0.4, 0.5) is 5.69 Å². The normalized spacial score (nSPS) is 19.2. The monoisotopic (exact) mass is 281 g/mol. The van der Waals surface area contributed by atoms with Crippen LogP contribution in [0.2, 0.25) is 5.02 Å². The number of anilines is 1. The van der Waals surface area contributed by atoms with Crippen LogP contribution in [0.25, 0.3) is 0 Å². The third-order valence-corrected chi connectivity index (χ3v) is 3.74. The molecule has 1 aliphatic rings. The Morgan fingerprint density at radius 1 is 1.53 bits per heavy atom. The Kier molecular flexibility index (Phi) is 4.66. The van der Waals surface area contributed by atoms with Gasteiger partial charge in [0.1, 0.15) is 5.84 Å². The first-order valence-electron chi connectivity index (χ1n) is 6.55. The van der Waals surface area contributed by atoms with E-state index in [2.05, 4.69) is 4.90 Å². The van der Waals surface area contributed by atoms with E-state index in [1.807, 2.05) is 19.2 Å². The van der Waals surface area contributed by atoms with Crippen LogP contribution in [0.5, 0.6) is 0 Å². The van der Waals surface area contributed by atoms with Crippen molar-refractivity contribution in [3.05, 3.63) is 28.8 Å². The lowest BCUT2D eigenvalue weighted by Crippen LogP contribution is -2.34. The number of nitrogens with one attached hydrogen (secondary N) is 1. The predicted molar refractivity (Wildman–Crippen MR) is 79.3 cm³/mol. The molecule has 2 rings (SSSR count). The molecule has 0 aromatic heterocycles. The fraction of sp³-hybridized carbons (Fsp3) is 0.500. The van der Waals surface area contributed by atoms with Crippen LogP contribution in [0.1, 0.15) is 24.8 Å². The van der Waals surface area contributed by atoms with Gasteiger partial charge in [0.25, 0.3) is 0 Å². The average Bonchev–Trinajstić information content (AvgIpc) is 2.39. The lowest BCUT2D eigenvalue weighted by molar-refractivity contribution is 0.0216. The highest BCUT2D eigenvalue weighted by Crippen LogP contribution is 2.27. The van der Waals surface area contributed by atoms with Crippen LogP contribution in [0.15, 0.2) is 18.2 Å². The number of nitrogens with two attached hydrogens (primary N) is 1. The molecule has 5 heteroatoms. The van der Waals surface area contributed by atoms with E-state index in [0.717, 1.165) is 31.7 Å². The lowest BCUT2D eigenvalue weighted by Gasteiger charge is -2.29. The quantitative estimate of drug-likeness (QED) is 0.659. The van der Waals surface area contributed by atoms with E-state index in [1.54, 1.807) is 6.07 Å². The van der Waals surface area contributed by atoms with Gasteiger partial charge in [-0.25, -0.2) is 0 Å². The second kappa shape index (κ2) is 6.26. The highest BCUT2D eigenvalue weighted by molar-refractivity contribution is 6.34. The molecule has 0 bridgehead atoms. The Morgan fingerprint density at radius 2 is 2.32 bits per heavy atom. The number of likely N-dealkylation sites (N-methyl/N-ethyl adjacent to an activating group) is 1. The molecule has 1 aromatic rings. The molecule has 0 radical (unpaired) electrons. The zero-order chi connectivity index (χ0) is 13.8. The van der Waals surface area contributed by atoms with E-state index in [0.29, 0.717) is 10.6 Å². The molecule has 19 heavy (non-hydrogen) atoms. The van der Waals surface area contributed by atoms with E-state index >= 15 is 0 Å². The summed E-state index contributed by atoms with van der Waals surface area (Å²) in [6, 6.07) is 5.57. The highest BCUT2D eigenvalue weighted by Gasteiger charge is 2.19. The summed E-state index contributed by atoms with van der Waals surface area (Å²) in [5.74, 6) is -0.00277. The van der Waals surface area contributed by atoms with Gasteiger partial charge in [0.15, 0.2) is 0 Å². The van der Waals surface area contributed by atoms with Crippen molar-refractivity contribution < 1.29 is 4.74 Å². The second-order valence-corrected chi connectivity index (χ2v) is 5.32. The van der Waals surface area contributed by atoms with Gasteiger partial charge in [-0.05, 0) is 31.4 Å². The van der Waals surface area contributed by atoms with Gasteiger partial charge in [-0.15, -0.1) is 0 Å². The van der Waals surface area contributed by atoms with Gasteiger partial charge in [-0.2, -0.15) is 0 Å². The van der Waals surface area contributed by atoms with Gasteiger partial charge < -0.3 is 15.4 Å². The summed E-state index contributed by atoms with van der Waals surface area (Å²) in [6.07, 6.45) is 3.70. The van der Waals surface area contributed by atoms with Gasteiger partial charge in [-0.3, -0.25) is 5.41 Å². The Bertz CT molecular complexity index is 458. The smallest absolute Gasteiger partial charge is 0.126 e.